The number of halogens is 2. The van der Waals surface area contributed by atoms with Gasteiger partial charge in [0, 0.05) is 15.6 Å². The predicted molar refractivity (Wildman–Crippen MR) is 154 cm³/mol. The van der Waals surface area contributed by atoms with Gasteiger partial charge >= 0.3 is 5.97 Å². The Balaban J connectivity index is 1.56. The van der Waals surface area contributed by atoms with Gasteiger partial charge in [0.2, 0.25) is 0 Å². The van der Waals surface area contributed by atoms with Gasteiger partial charge in [0.05, 0.1) is 22.4 Å². The highest BCUT2D eigenvalue weighted by atomic mass is 35.5. The van der Waals surface area contributed by atoms with Crippen molar-refractivity contribution < 1.29 is 14.3 Å². The Kier molecular flexibility index (Phi) is 8.02. The van der Waals surface area contributed by atoms with Gasteiger partial charge in [-0.3, -0.25) is 9.36 Å². The van der Waals surface area contributed by atoms with Crippen LogP contribution in [0.15, 0.2) is 93.9 Å². The van der Waals surface area contributed by atoms with E-state index in [1.807, 2.05) is 60.7 Å². The van der Waals surface area contributed by atoms with Crippen LogP contribution in [0.25, 0.3) is 6.08 Å². The Morgan fingerprint density at radius 3 is 2.54 bits per heavy atom. The van der Waals surface area contributed by atoms with Crippen LogP contribution < -0.4 is 19.6 Å². The molecule has 1 aliphatic rings. The van der Waals surface area contributed by atoms with Crippen molar-refractivity contribution in [1.82, 2.24) is 4.57 Å². The Bertz CT molecular complexity index is 1770. The molecule has 0 fully saturated rings. The molecule has 6 nitrogen and oxygen atoms in total. The lowest BCUT2D eigenvalue weighted by atomic mass is 9.96. The first kappa shape index (κ1) is 26.9. The van der Waals surface area contributed by atoms with Gasteiger partial charge < -0.3 is 9.47 Å². The van der Waals surface area contributed by atoms with Crippen molar-refractivity contribution in [3.8, 4) is 5.75 Å². The molecule has 0 spiro atoms. The lowest BCUT2D eigenvalue weighted by Crippen LogP contribution is -2.40. The number of ether oxygens (including phenoxy) is 2. The number of hydrogen-bond acceptors (Lipinski definition) is 6. The van der Waals surface area contributed by atoms with Gasteiger partial charge in [-0.25, -0.2) is 9.79 Å². The molecule has 1 atom stereocenters. The molecular weight excluding hydrogens is 555 g/mol. The number of benzene rings is 3. The third kappa shape index (κ3) is 5.57. The van der Waals surface area contributed by atoms with E-state index in [1.54, 1.807) is 32.1 Å². The third-order valence-electron chi connectivity index (χ3n) is 6.22. The molecule has 1 aliphatic heterocycles. The monoisotopic (exact) mass is 578 g/mol. The van der Waals surface area contributed by atoms with Crippen molar-refractivity contribution in [2.75, 3.05) is 6.61 Å². The molecule has 0 radical (unpaired) electrons. The van der Waals surface area contributed by atoms with Crippen LogP contribution in [0, 0.1) is 0 Å². The summed E-state index contributed by atoms with van der Waals surface area (Å²) in [6.45, 7) is 4.00. The number of nitrogens with zero attached hydrogens (tertiary/aromatic N) is 2. The Hall–Kier alpha value is -3.65. The maximum atomic E-state index is 13.8. The normalized spacial score (nSPS) is 15.1. The number of fused-ring (bicyclic) bond motifs is 1. The fraction of sp³-hybridized carbons (Fsp3) is 0.167. The maximum Gasteiger partial charge on any atom is 0.338 e. The van der Waals surface area contributed by atoms with Crippen LogP contribution in [0.5, 0.6) is 5.75 Å². The molecule has 3 aromatic carbocycles. The average Bonchev–Trinajstić information content (AvgIpc) is 3.22. The number of rotatable bonds is 7. The number of carbonyl (C=O) groups excluding carboxylic acids is 1. The van der Waals surface area contributed by atoms with Gasteiger partial charge in [0.25, 0.3) is 5.56 Å². The highest BCUT2D eigenvalue weighted by molar-refractivity contribution is 7.07. The van der Waals surface area contributed by atoms with Gasteiger partial charge in [0.15, 0.2) is 4.80 Å². The zero-order valence-corrected chi connectivity index (χ0v) is 23.5. The quantitative estimate of drug-likeness (QED) is 0.264. The summed E-state index contributed by atoms with van der Waals surface area (Å²) in [6.07, 6.45) is 1.79. The second-order valence-electron chi connectivity index (χ2n) is 8.78. The molecule has 2 heterocycles. The fourth-order valence-corrected chi connectivity index (χ4v) is 5.88. The lowest BCUT2D eigenvalue weighted by molar-refractivity contribution is -0.139. The number of allylic oxidation sites excluding steroid dienone is 1. The molecule has 0 bridgehead atoms. The van der Waals surface area contributed by atoms with Crippen LogP contribution in [0.3, 0.4) is 0 Å². The van der Waals surface area contributed by atoms with Gasteiger partial charge in [0.1, 0.15) is 18.4 Å². The van der Waals surface area contributed by atoms with E-state index in [9.17, 15) is 9.59 Å². The number of aromatic nitrogens is 1. The number of esters is 1. The SMILES string of the molecule is CCOC(=O)C1=C(C)N=c2sc(=Cc3cccc(OCc4ccccc4Cl)c3)c(=O)n2C1c1ccccc1Cl. The number of hydrogen-bond donors (Lipinski definition) is 0. The van der Waals surface area contributed by atoms with E-state index in [1.165, 1.54) is 15.9 Å². The molecule has 4 aromatic rings. The topological polar surface area (TPSA) is 69.9 Å². The standard InChI is InChI=1S/C30H24Cl2N2O4S/c1-3-37-29(36)26-18(2)33-30-34(27(26)22-12-5-7-14-24(22)32)28(35)25(39-30)16-19-9-8-11-21(15-19)38-17-20-10-4-6-13-23(20)31/h4-16,27H,3,17H2,1-2H3. The summed E-state index contributed by atoms with van der Waals surface area (Å²) in [7, 11) is 0. The number of carbonyl (C=O) groups is 1. The summed E-state index contributed by atoms with van der Waals surface area (Å²) < 4.78 is 13.3. The molecule has 0 saturated heterocycles. The molecule has 5 rings (SSSR count). The van der Waals surface area contributed by atoms with E-state index in [0.29, 0.717) is 48.6 Å². The number of thiazole rings is 1. The van der Waals surface area contributed by atoms with Crippen molar-refractivity contribution in [2.24, 2.45) is 4.99 Å². The highest BCUT2D eigenvalue weighted by Crippen LogP contribution is 2.34. The van der Waals surface area contributed by atoms with Crippen LogP contribution in [-0.2, 0) is 16.1 Å². The molecule has 198 valence electrons. The van der Waals surface area contributed by atoms with Crippen LogP contribution in [-0.4, -0.2) is 17.1 Å². The first-order chi connectivity index (χ1) is 18.9. The minimum atomic E-state index is -0.763. The average molecular weight is 580 g/mol. The van der Waals surface area contributed by atoms with Gasteiger partial charge in [-0.15, -0.1) is 0 Å². The summed E-state index contributed by atoms with van der Waals surface area (Å²) in [5, 5.41) is 1.08. The van der Waals surface area contributed by atoms with E-state index in [-0.39, 0.29) is 12.2 Å². The maximum absolute atomic E-state index is 13.8. The van der Waals surface area contributed by atoms with E-state index in [0.717, 1.165) is 11.1 Å². The predicted octanol–water partition coefficient (Wildman–Crippen LogP) is 5.68. The van der Waals surface area contributed by atoms with Crippen molar-refractivity contribution in [3.05, 3.63) is 130 Å². The minimum Gasteiger partial charge on any atom is -0.489 e. The molecule has 0 saturated carbocycles. The molecule has 9 heteroatoms. The molecule has 0 N–H and O–H groups in total. The van der Waals surface area contributed by atoms with Gasteiger partial charge in [-0.1, -0.05) is 83.1 Å². The first-order valence-electron chi connectivity index (χ1n) is 12.3. The van der Waals surface area contributed by atoms with E-state index in [2.05, 4.69) is 4.99 Å². The highest BCUT2D eigenvalue weighted by Gasteiger charge is 2.34. The molecule has 1 aromatic heterocycles. The Morgan fingerprint density at radius 2 is 1.79 bits per heavy atom. The van der Waals surface area contributed by atoms with Crippen LogP contribution in [0.4, 0.5) is 0 Å². The molecule has 0 amide bonds. The minimum absolute atomic E-state index is 0.199. The summed E-state index contributed by atoms with van der Waals surface area (Å²) in [5.41, 5.74) is 2.79. The van der Waals surface area contributed by atoms with E-state index < -0.39 is 12.0 Å². The molecule has 39 heavy (non-hydrogen) atoms. The smallest absolute Gasteiger partial charge is 0.338 e. The van der Waals surface area contributed by atoms with Crippen LogP contribution in [0.2, 0.25) is 10.0 Å². The molecule has 1 unspecified atom stereocenters. The van der Waals surface area contributed by atoms with Crippen molar-refractivity contribution in [1.29, 1.82) is 0 Å². The van der Waals surface area contributed by atoms with Gasteiger partial charge in [-0.2, -0.15) is 0 Å². The fourth-order valence-electron chi connectivity index (χ4n) is 4.40. The zero-order chi connectivity index (χ0) is 27.5. The summed E-state index contributed by atoms with van der Waals surface area (Å²) in [4.78, 5) is 31.9. The third-order valence-corrected chi connectivity index (χ3v) is 7.92. The first-order valence-corrected chi connectivity index (χ1v) is 13.8. The molecular formula is C30H24Cl2N2O4S. The van der Waals surface area contributed by atoms with E-state index >= 15 is 0 Å². The zero-order valence-electron chi connectivity index (χ0n) is 21.2. The largest absolute Gasteiger partial charge is 0.489 e. The summed E-state index contributed by atoms with van der Waals surface area (Å²) in [6, 6.07) is 21.4. The van der Waals surface area contributed by atoms with Crippen molar-refractivity contribution in [2.45, 2.75) is 26.5 Å². The summed E-state index contributed by atoms with van der Waals surface area (Å²) in [5.74, 6) is 0.118. The van der Waals surface area contributed by atoms with Gasteiger partial charge in [-0.05, 0) is 55.3 Å². The Morgan fingerprint density at radius 1 is 1.05 bits per heavy atom. The molecule has 0 aliphatic carbocycles. The van der Waals surface area contributed by atoms with Crippen LogP contribution in [0.1, 0.15) is 36.6 Å². The lowest BCUT2D eigenvalue weighted by Gasteiger charge is -2.25. The Labute approximate surface area is 239 Å². The van der Waals surface area contributed by atoms with Crippen LogP contribution >= 0.6 is 34.5 Å². The summed E-state index contributed by atoms with van der Waals surface area (Å²) >= 11 is 14.1. The van der Waals surface area contributed by atoms with E-state index in [4.69, 9.17) is 32.7 Å². The van der Waals surface area contributed by atoms with Crippen molar-refractivity contribution in [3.63, 3.8) is 0 Å². The second kappa shape index (κ2) is 11.6. The second-order valence-corrected chi connectivity index (χ2v) is 10.6. The van der Waals surface area contributed by atoms with Crippen molar-refractivity contribution >= 4 is 46.6 Å².